The number of carbonyl (C=O) groups is 2. The molecule has 0 unspecified atom stereocenters. The molecular weight excluding hydrogens is 468 g/mol. The fraction of sp³-hybridized carbons (Fsp3) is 0.379. The molecule has 0 aromatic heterocycles. The summed E-state index contributed by atoms with van der Waals surface area (Å²) in [5.41, 5.74) is 2.67. The zero-order chi connectivity index (χ0) is 27.2. The Hall–Kier alpha value is -4.30. The van der Waals surface area contributed by atoms with E-state index in [2.05, 4.69) is 22.1 Å². The van der Waals surface area contributed by atoms with E-state index >= 15 is 0 Å². The molecule has 8 heteroatoms. The summed E-state index contributed by atoms with van der Waals surface area (Å²) in [6.07, 6.45) is 3.55. The number of nitrogens with zero attached hydrogens (tertiary/aromatic N) is 4. The van der Waals surface area contributed by atoms with Crippen molar-refractivity contribution in [3.63, 3.8) is 0 Å². The Bertz CT molecular complexity index is 1080. The number of rotatable bonds is 12. The Morgan fingerprint density at radius 1 is 0.730 bits per heavy atom. The van der Waals surface area contributed by atoms with Crippen LogP contribution in [0.15, 0.2) is 58.5 Å². The number of ether oxygens (including phenoxy) is 2. The van der Waals surface area contributed by atoms with Gasteiger partial charge in [-0.25, -0.2) is 9.59 Å². The summed E-state index contributed by atoms with van der Waals surface area (Å²) in [5, 5.41) is 17.8. The van der Waals surface area contributed by atoms with Gasteiger partial charge in [0.05, 0.1) is 36.5 Å². The minimum absolute atomic E-state index is 0.0688. The van der Waals surface area contributed by atoms with Crippen molar-refractivity contribution in [2.75, 3.05) is 13.2 Å². The molecule has 2 aromatic carbocycles. The van der Waals surface area contributed by atoms with Crippen molar-refractivity contribution in [1.82, 2.24) is 0 Å². The summed E-state index contributed by atoms with van der Waals surface area (Å²) in [6.45, 7) is 7.73. The van der Waals surface area contributed by atoms with Gasteiger partial charge in [-0.05, 0) is 47.2 Å². The van der Waals surface area contributed by atoms with E-state index in [1.54, 1.807) is 61.0 Å². The summed E-state index contributed by atoms with van der Waals surface area (Å²) in [7, 11) is 0. The van der Waals surface area contributed by atoms with Gasteiger partial charge >= 0.3 is 11.9 Å². The van der Waals surface area contributed by atoms with E-state index in [1.165, 1.54) is 0 Å². The molecule has 0 aliphatic heterocycles. The van der Waals surface area contributed by atoms with Gasteiger partial charge in [0.15, 0.2) is 0 Å². The maximum atomic E-state index is 12.5. The zero-order valence-corrected chi connectivity index (χ0v) is 21.6. The minimum Gasteiger partial charge on any atom is -0.464 e. The Labute approximate surface area is 218 Å². The van der Waals surface area contributed by atoms with Gasteiger partial charge in [-0.15, -0.1) is 0 Å². The molecule has 0 saturated carbocycles. The standard InChI is InChI=1S/C29H32N4O4/c1-20(2)26(32-18-24-10-6-22(16-30)7-11-24)28(34)36-14-5-15-37-29(35)27(21(3)4)33-19-25-12-8-23(17-31)9-13-25/h6-13,18-21,26-27H,5,14-15H2,1-4H3/t26-,27-/m0/s1. The second kappa shape index (κ2) is 15.0. The first kappa shape index (κ1) is 28.9. The Kier molecular flexibility index (Phi) is 11.7. The van der Waals surface area contributed by atoms with Crippen molar-refractivity contribution >= 4 is 24.4 Å². The molecule has 0 bridgehead atoms. The first-order valence-electron chi connectivity index (χ1n) is 12.1. The highest BCUT2D eigenvalue weighted by Crippen LogP contribution is 2.12. The van der Waals surface area contributed by atoms with Crippen LogP contribution < -0.4 is 0 Å². The normalized spacial score (nSPS) is 12.9. The molecule has 0 amide bonds. The zero-order valence-electron chi connectivity index (χ0n) is 21.6. The third-order valence-corrected chi connectivity index (χ3v) is 5.37. The maximum Gasteiger partial charge on any atom is 0.331 e. The summed E-state index contributed by atoms with van der Waals surface area (Å²) in [5.74, 6) is -1.03. The number of hydrogen-bond acceptors (Lipinski definition) is 8. The molecule has 0 saturated heterocycles. The highest BCUT2D eigenvalue weighted by atomic mass is 16.5. The molecule has 0 radical (unpaired) electrons. The highest BCUT2D eigenvalue weighted by Gasteiger charge is 2.24. The highest BCUT2D eigenvalue weighted by molar-refractivity contribution is 5.85. The molecule has 37 heavy (non-hydrogen) atoms. The molecule has 0 fully saturated rings. The molecule has 0 aliphatic rings. The van der Waals surface area contributed by atoms with Gasteiger partial charge in [-0.2, -0.15) is 10.5 Å². The third-order valence-electron chi connectivity index (χ3n) is 5.37. The molecule has 0 N–H and O–H groups in total. The molecule has 8 nitrogen and oxygen atoms in total. The molecule has 0 heterocycles. The number of nitriles is 2. The van der Waals surface area contributed by atoms with Crippen LogP contribution in [0.25, 0.3) is 0 Å². The van der Waals surface area contributed by atoms with Crippen LogP contribution >= 0.6 is 0 Å². The van der Waals surface area contributed by atoms with Crippen LogP contribution in [0.2, 0.25) is 0 Å². The largest absolute Gasteiger partial charge is 0.464 e. The van der Waals surface area contributed by atoms with Gasteiger partial charge in [-0.1, -0.05) is 52.0 Å². The Balaban J connectivity index is 1.81. The van der Waals surface area contributed by atoms with Crippen LogP contribution in [0.1, 0.15) is 56.4 Å². The topological polar surface area (TPSA) is 125 Å². The predicted molar refractivity (Wildman–Crippen MR) is 141 cm³/mol. The fourth-order valence-corrected chi connectivity index (χ4v) is 3.21. The van der Waals surface area contributed by atoms with E-state index in [0.29, 0.717) is 17.5 Å². The average molecular weight is 501 g/mol. The monoisotopic (exact) mass is 500 g/mol. The van der Waals surface area contributed by atoms with E-state index in [9.17, 15) is 9.59 Å². The lowest BCUT2D eigenvalue weighted by atomic mass is 10.1. The molecule has 2 rings (SSSR count). The average Bonchev–Trinajstić information content (AvgIpc) is 2.89. The molecule has 2 atom stereocenters. The van der Waals surface area contributed by atoms with Crippen LogP contribution in [0.3, 0.4) is 0 Å². The van der Waals surface area contributed by atoms with Gasteiger partial charge in [0.25, 0.3) is 0 Å². The van der Waals surface area contributed by atoms with Gasteiger partial charge in [-0.3, -0.25) is 9.98 Å². The van der Waals surface area contributed by atoms with E-state index in [0.717, 1.165) is 11.1 Å². The van der Waals surface area contributed by atoms with Gasteiger partial charge in [0, 0.05) is 18.9 Å². The van der Waals surface area contributed by atoms with Crippen LogP contribution in [-0.2, 0) is 19.1 Å². The van der Waals surface area contributed by atoms with E-state index in [-0.39, 0.29) is 25.0 Å². The van der Waals surface area contributed by atoms with E-state index < -0.39 is 24.0 Å². The van der Waals surface area contributed by atoms with Crippen molar-refractivity contribution in [2.45, 2.75) is 46.2 Å². The fourth-order valence-electron chi connectivity index (χ4n) is 3.21. The number of esters is 2. The summed E-state index contributed by atoms with van der Waals surface area (Å²) < 4.78 is 10.7. The Morgan fingerprint density at radius 2 is 1.08 bits per heavy atom. The van der Waals surface area contributed by atoms with E-state index in [4.69, 9.17) is 20.0 Å². The second-order valence-corrected chi connectivity index (χ2v) is 9.09. The van der Waals surface area contributed by atoms with Crippen LogP contribution in [0.4, 0.5) is 0 Å². The molecular formula is C29H32N4O4. The maximum absolute atomic E-state index is 12.5. The number of benzene rings is 2. The lowest BCUT2D eigenvalue weighted by Crippen LogP contribution is -2.29. The number of hydrogen-bond donors (Lipinski definition) is 0. The second-order valence-electron chi connectivity index (χ2n) is 9.09. The van der Waals surface area contributed by atoms with Gasteiger partial charge in [0.1, 0.15) is 12.1 Å². The third kappa shape index (κ3) is 9.70. The van der Waals surface area contributed by atoms with Crippen molar-refractivity contribution in [3.8, 4) is 12.1 Å². The van der Waals surface area contributed by atoms with Crippen LogP contribution in [-0.4, -0.2) is 49.7 Å². The summed E-state index contributed by atoms with van der Waals surface area (Å²) in [6, 6.07) is 16.6. The smallest absolute Gasteiger partial charge is 0.331 e. The molecule has 0 aliphatic carbocycles. The first-order valence-corrected chi connectivity index (χ1v) is 12.1. The van der Waals surface area contributed by atoms with Crippen molar-refractivity contribution < 1.29 is 19.1 Å². The van der Waals surface area contributed by atoms with Crippen molar-refractivity contribution in [3.05, 3.63) is 70.8 Å². The number of aliphatic imine (C=N–C) groups is 2. The molecule has 192 valence electrons. The first-order chi connectivity index (χ1) is 17.7. The van der Waals surface area contributed by atoms with Crippen LogP contribution in [0.5, 0.6) is 0 Å². The van der Waals surface area contributed by atoms with Crippen LogP contribution in [0, 0.1) is 34.5 Å². The molecule has 2 aromatic rings. The van der Waals surface area contributed by atoms with Gasteiger partial charge < -0.3 is 9.47 Å². The lowest BCUT2D eigenvalue weighted by molar-refractivity contribution is -0.148. The summed E-state index contributed by atoms with van der Waals surface area (Å²) in [4.78, 5) is 33.8. The van der Waals surface area contributed by atoms with Crippen molar-refractivity contribution in [2.24, 2.45) is 21.8 Å². The molecule has 0 spiro atoms. The Morgan fingerprint density at radius 3 is 1.38 bits per heavy atom. The lowest BCUT2D eigenvalue weighted by Gasteiger charge is -2.17. The van der Waals surface area contributed by atoms with E-state index in [1.807, 2.05) is 27.7 Å². The SMILES string of the molecule is CC(C)[C@H](N=Cc1ccc(C#N)cc1)C(=O)OCCCOC(=O)[C@@H](N=Cc1ccc(C#N)cc1)C(C)C. The predicted octanol–water partition coefficient (Wildman–Crippen LogP) is 4.49. The summed E-state index contributed by atoms with van der Waals surface area (Å²) >= 11 is 0. The minimum atomic E-state index is -0.667. The quantitative estimate of drug-likeness (QED) is 0.240. The number of carbonyl (C=O) groups excluding carboxylic acids is 2. The van der Waals surface area contributed by atoms with Crippen molar-refractivity contribution in [1.29, 1.82) is 10.5 Å². The van der Waals surface area contributed by atoms with Gasteiger partial charge in [0.2, 0.25) is 0 Å².